The molecule has 0 aliphatic carbocycles. The molecular weight excluding hydrogens is 550 g/mol. The van der Waals surface area contributed by atoms with Crippen LogP contribution in [0, 0.1) is 5.82 Å². The van der Waals surface area contributed by atoms with Crippen molar-refractivity contribution in [2.75, 3.05) is 11.9 Å². The summed E-state index contributed by atoms with van der Waals surface area (Å²) in [6, 6.07) is 15.0. The summed E-state index contributed by atoms with van der Waals surface area (Å²) in [5.74, 6) is -1.18. The van der Waals surface area contributed by atoms with Crippen molar-refractivity contribution in [3.63, 3.8) is 0 Å². The maximum atomic E-state index is 13.3. The highest BCUT2D eigenvalue weighted by atomic mass is 35.5. The van der Waals surface area contributed by atoms with Crippen LogP contribution >= 0.6 is 46.6 Å². The zero-order chi connectivity index (χ0) is 25.8. The summed E-state index contributed by atoms with van der Waals surface area (Å²) in [5.41, 5.74) is 1.39. The molecule has 1 heterocycles. The molecule has 3 amide bonds. The van der Waals surface area contributed by atoms with Crippen molar-refractivity contribution >= 4 is 75.4 Å². The molecule has 1 aliphatic heterocycles. The van der Waals surface area contributed by atoms with Gasteiger partial charge in [-0.15, -0.1) is 0 Å². The second kappa shape index (κ2) is 11.3. The van der Waals surface area contributed by atoms with Gasteiger partial charge in [0.15, 0.2) is 6.61 Å². The third-order valence-corrected chi connectivity index (χ3v) is 6.71. The molecule has 0 unspecified atom stereocenters. The number of benzene rings is 3. The van der Waals surface area contributed by atoms with Gasteiger partial charge < -0.3 is 10.1 Å². The lowest BCUT2D eigenvalue weighted by molar-refractivity contribution is -0.123. The van der Waals surface area contributed by atoms with E-state index in [1.807, 2.05) is 0 Å². The molecule has 6 nitrogen and oxygen atoms in total. The largest absolute Gasteiger partial charge is 0.483 e. The van der Waals surface area contributed by atoms with Crippen LogP contribution in [0.15, 0.2) is 65.6 Å². The first-order valence-corrected chi connectivity index (χ1v) is 12.3. The lowest BCUT2D eigenvalue weighted by Crippen LogP contribution is -2.27. The van der Waals surface area contributed by atoms with E-state index < -0.39 is 22.9 Å². The molecule has 1 N–H and O–H groups in total. The summed E-state index contributed by atoms with van der Waals surface area (Å²) in [4.78, 5) is 38.9. The second-order valence-corrected chi connectivity index (χ2v) is 9.80. The predicted octanol–water partition coefficient (Wildman–Crippen LogP) is 7.04. The Morgan fingerprint density at radius 2 is 1.72 bits per heavy atom. The van der Waals surface area contributed by atoms with Crippen LogP contribution in [0.4, 0.5) is 14.9 Å². The standard InChI is InChI=1S/C25H16Cl3FN2O4S/c26-16-2-6-19(7-3-16)30-23(32)13-35-21-8-4-17(27)9-15(21)10-22-24(33)31(25(34)36-22)12-14-1-5-18(29)11-20(14)28/h1-11H,12-13H2,(H,30,32)/b22-10-. The Hall–Kier alpha value is -3.04. The van der Waals surface area contributed by atoms with Gasteiger partial charge in [-0.2, -0.15) is 0 Å². The van der Waals surface area contributed by atoms with Crippen molar-refractivity contribution in [3.05, 3.63) is 97.6 Å². The average Bonchev–Trinajstić information content (AvgIpc) is 3.09. The topological polar surface area (TPSA) is 75.7 Å². The SMILES string of the molecule is O=C(COc1ccc(Cl)cc1/C=C1\SC(=O)N(Cc2ccc(F)cc2Cl)C1=O)Nc1ccc(Cl)cc1. The predicted molar refractivity (Wildman–Crippen MR) is 140 cm³/mol. The van der Waals surface area contributed by atoms with Gasteiger partial charge in [-0.1, -0.05) is 40.9 Å². The quantitative estimate of drug-likeness (QED) is 0.311. The van der Waals surface area contributed by atoms with E-state index in [-0.39, 0.29) is 23.1 Å². The highest BCUT2D eigenvalue weighted by molar-refractivity contribution is 8.18. The van der Waals surface area contributed by atoms with Crippen molar-refractivity contribution < 1.29 is 23.5 Å². The molecule has 1 fully saturated rings. The Morgan fingerprint density at radius 1 is 1.00 bits per heavy atom. The minimum Gasteiger partial charge on any atom is -0.483 e. The zero-order valence-corrected chi connectivity index (χ0v) is 21.3. The number of hydrogen-bond donors (Lipinski definition) is 1. The third-order valence-electron chi connectivity index (χ3n) is 4.96. The fourth-order valence-electron chi connectivity index (χ4n) is 3.23. The molecule has 1 saturated heterocycles. The number of anilines is 1. The van der Waals surface area contributed by atoms with Crippen molar-refractivity contribution in [2.24, 2.45) is 0 Å². The molecule has 4 rings (SSSR count). The van der Waals surface area contributed by atoms with Gasteiger partial charge in [0.1, 0.15) is 11.6 Å². The van der Waals surface area contributed by atoms with Crippen LogP contribution in [-0.2, 0) is 16.1 Å². The molecule has 184 valence electrons. The van der Waals surface area contributed by atoms with E-state index in [0.29, 0.717) is 32.6 Å². The number of carbonyl (C=O) groups excluding carboxylic acids is 3. The van der Waals surface area contributed by atoms with Crippen molar-refractivity contribution in [3.8, 4) is 5.75 Å². The minimum atomic E-state index is -0.545. The van der Waals surface area contributed by atoms with Gasteiger partial charge in [0, 0.05) is 26.3 Å². The fraction of sp³-hybridized carbons (Fsp3) is 0.0800. The number of imide groups is 1. The highest BCUT2D eigenvalue weighted by Gasteiger charge is 2.35. The van der Waals surface area contributed by atoms with Crippen molar-refractivity contribution in [1.29, 1.82) is 0 Å². The van der Waals surface area contributed by atoms with Crippen molar-refractivity contribution in [1.82, 2.24) is 4.90 Å². The van der Waals surface area contributed by atoms with E-state index in [0.717, 1.165) is 22.7 Å². The van der Waals surface area contributed by atoms with Gasteiger partial charge in [0.2, 0.25) is 0 Å². The van der Waals surface area contributed by atoms with Crippen LogP contribution < -0.4 is 10.1 Å². The van der Waals surface area contributed by atoms with E-state index in [1.54, 1.807) is 42.5 Å². The van der Waals surface area contributed by atoms with Crippen LogP contribution in [0.2, 0.25) is 15.1 Å². The van der Waals surface area contributed by atoms with Crippen LogP contribution in [0.25, 0.3) is 6.08 Å². The Labute approximate surface area is 225 Å². The fourth-order valence-corrected chi connectivity index (χ4v) is 4.60. The Balaban J connectivity index is 1.48. The van der Waals surface area contributed by atoms with Crippen LogP contribution in [0.5, 0.6) is 5.75 Å². The van der Waals surface area contributed by atoms with Crippen molar-refractivity contribution in [2.45, 2.75) is 6.54 Å². The number of thioether (sulfide) groups is 1. The molecule has 0 saturated carbocycles. The molecule has 3 aromatic rings. The normalized spacial score (nSPS) is 14.4. The van der Waals surface area contributed by atoms with E-state index >= 15 is 0 Å². The number of nitrogens with one attached hydrogen (secondary N) is 1. The summed E-state index contributed by atoms with van der Waals surface area (Å²) in [6.07, 6.45) is 1.47. The number of rotatable bonds is 7. The molecular formula is C25H16Cl3FN2O4S. The monoisotopic (exact) mass is 564 g/mol. The Kier molecular flexibility index (Phi) is 8.21. The molecule has 3 aromatic carbocycles. The molecule has 0 spiro atoms. The Bertz CT molecular complexity index is 1380. The maximum absolute atomic E-state index is 13.3. The van der Waals surface area contributed by atoms with Crippen LogP contribution in [0.1, 0.15) is 11.1 Å². The summed E-state index contributed by atoms with van der Waals surface area (Å²) in [5, 5.41) is 3.21. The van der Waals surface area contributed by atoms with Gasteiger partial charge in [-0.25, -0.2) is 4.39 Å². The lowest BCUT2D eigenvalue weighted by atomic mass is 10.1. The lowest BCUT2D eigenvalue weighted by Gasteiger charge is -2.13. The molecule has 36 heavy (non-hydrogen) atoms. The number of nitrogens with zero attached hydrogens (tertiary/aromatic N) is 1. The summed E-state index contributed by atoms with van der Waals surface area (Å²) in [7, 11) is 0. The molecule has 0 radical (unpaired) electrons. The summed E-state index contributed by atoms with van der Waals surface area (Å²) in [6.45, 7) is -0.416. The maximum Gasteiger partial charge on any atom is 0.293 e. The molecule has 0 atom stereocenters. The summed E-state index contributed by atoms with van der Waals surface area (Å²) < 4.78 is 19.0. The molecule has 1 aliphatic rings. The zero-order valence-electron chi connectivity index (χ0n) is 18.3. The first kappa shape index (κ1) is 26.0. The van der Waals surface area contributed by atoms with E-state index in [2.05, 4.69) is 5.32 Å². The number of carbonyl (C=O) groups is 3. The van der Waals surface area contributed by atoms with Crippen LogP contribution in [-0.4, -0.2) is 28.6 Å². The first-order chi connectivity index (χ1) is 17.2. The van der Waals surface area contributed by atoms with E-state index in [9.17, 15) is 18.8 Å². The van der Waals surface area contributed by atoms with Crippen LogP contribution in [0.3, 0.4) is 0 Å². The number of ether oxygens (including phenoxy) is 1. The number of amides is 3. The molecule has 0 bridgehead atoms. The van der Waals surface area contributed by atoms with E-state index in [4.69, 9.17) is 39.5 Å². The van der Waals surface area contributed by atoms with E-state index in [1.165, 1.54) is 18.2 Å². The molecule has 0 aromatic heterocycles. The first-order valence-electron chi connectivity index (χ1n) is 10.4. The molecule has 11 heteroatoms. The highest BCUT2D eigenvalue weighted by Crippen LogP contribution is 2.36. The van der Waals surface area contributed by atoms with Gasteiger partial charge in [0.05, 0.1) is 11.4 Å². The summed E-state index contributed by atoms with van der Waals surface area (Å²) >= 11 is 18.8. The smallest absolute Gasteiger partial charge is 0.293 e. The van der Waals surface area contributed by atoms with Gasteiger partial charge in [-0.05, 0) is 78.0 Å². The third kappa shape index (κ3) is 6.39. The number of halogens is 4. The second-order valence-electron chi connectivity index (χ2n) is 7.53. The number of hydrogen-bond acceptors (Lipinski definition) is 5. The minimum absolute atomic E-state index is 0.106. The Morgan fingerprint density at radius 3 is 2.44 bits per heavy atom. The van der Waals surface area contributed by atoms with Gasteiger partial charge >= 0.3 is 0 Å². The van der Waals surface area contributed by atoms with Gasteiger partial charge in [-0.3, -0.25) is 19.3 Å². The van der Waals surface area contributed by atoms with Gasteiger partial charge in [0.25, 0.3) is 17.1 Å². The average molecular weight is 566 g/mol.